The second-order valence-electron chi connectivity index (χ2n) is 2.85. The van der Waals surface area contributed by atoms with Gasteiger partial charge in [0.05, 0.1) is 6.61 Å². The number of morpholine rings is 1. The van der Waals surface area contributed by atoms with Crippen LogP contribution in [-0.2, 0) is 9.53 Å². The van der Waals surface area contributed by atoms with Crippen LogP contribution in [-0.4, -0.2) is 43.4 Å². The fraction of sp³-hybridized carbons (Fsp3) is 0.875. The highest BCUT2D eigenvalue weighted by atomic mass is 16.5. The summed E-state index contributed by atoms with van der Waals surface area (Å²) < 4.78 is 5.22. The smallest absolute Gasteiger partial charge is 0.237 e. The minimum Gasteiger partial charge on any atom is -0.353 e. The third-order valence-corrected chi connectivity index (χ3v) is 1.87. The second kappa shape index (κ2) is 5.04. The van der Waals surface area contributed by atoms with E-state index in [1.807, 2.05) is 0 Å². The molecule has 1 rings (SSSR count). The Bertz CT molecular complexity index is 176. The molecule has 0 amide bonds. The monoisotopic (exact) mass is 170 g/mol. The topological polar surface area (TPSA) is 41.9 Å². The van der Waals surface area contributed by atoms with Crippen LogP contribution in [0.4, 0.5) is 0 Å². The Labute approximate surface area is 72.2 Å². The minimum absolute atomic E-state index is 0.289. The molecule has 1 unspecified atom stereocenters. The second-order valence-corrected chi connectivity index (χ2v) is 2.85. The SMILES string of the molecule is CCCN1CCOC(N=C=O)C1. The van der Waals surface area contributed by atoms with E-state index in [1.165, 1.54) is 6.08 Å². The first-order chi connectivity index (χ1) is 5.86. The quantitative estimate of drug-likeness (QED) is 0.454. The van der Waals surface area contributed by atoms with Gasteiger partial charge >= 0.3 is 0 Å². The van der Waals surface area contributed by atoms with Crippen LogP contribution in [0.15, 0.2) is 4.99 Å². The third kappa shape index (κ3) is 2.74. The summed E-state index contributed by atoms with van der Waals surface area (Å²) in [5.74, 6) is 0. The van der Waals surface area contributed by atoms with Crippen molar-refractivity contribution >= 4 is 6.08 Å². The van der Waals surface area contributed by atoms with Crippen molar-refractivity contribution in [1.29, 1.82) is 0 Å². The van der Waals surface area contributed by atoms with E-state index in [0.717, 1.165) is 26.1 Å². The number of isocyanates is 1. The van der Waals surface area contributed by atoms with Gasteiger partial charge in [0.15, 0.2) is 6.23 Å². The molecule has 68 valence electrons. The average molecular weight is 170 g/mol. The van der Waals surface area contributed by atoms with E-state index in [9.17, 15) is 4.79 Å². The highest BCUT2D eigenvalue weighted by Gasteiger charge is 2.18. The van der Waals surface area contributed by atoms with E-state index in [1.54, 1.807) is 0 Å². The molecular formula is C8H14N2O2. The molecule has 4 nitrogen and oxygen atoms in total. The molecule has 0 N–H and O–H groups in total. The molecule has 0 spiro atoms. The van der Waals surface area contributed by atoms with E-state index < -0.39 is 0 Å². The fourth-order valence-electron chi connectivity index (χ4n) is 1.34. The molecule has 0 aromatic rings. The van der Waals surface area contributed by atoms with Crippen LogP contribution in [0.3, 0.4) is 0 Å². The maximum atomic E-state index is 9.95. The van der Waals surface area contributed by atoms with Gasteiger partial charge in [-0.15, -0.1) is 0 Å². The van der Waals surface area contributed by atoms with Gasteiger partial charge in [-0.2, -0.15) is 4.99 Å². The zero-order valence-corrected chi connectivity index (χ0v) is 7.32. The number of carbonyl (C=O) groups excluding carboxylic acids is 1. The van der Waals surface area contributed by atoms with Crippen molar-refractivity contribution in [2.24, 2.45) is 4.99 Å². The van der Waals surface area contributed by atoms with Gasteiger partial charge in [0.25, 0.3) is 0 Å². The summed E-state index contributed by atoms with van der Waals surface area (Å²) in [5, 5.41) is 0. The van der Waals surface area contributed by atoms with Gasteiger partial charge in [0.2, 0.25) is 6.08 Å². The molecule has 1 saturated heterocycles. The molecule has 0 aromatic carbocycles. The van der Waals surface area contributed by atoms with Crippen LogP contribution in [0.1, 0.15) is 13.3 Å². The lowest BCUT2D eigenvalue weighted by atomic mass is 10.3. The molecule has 4 heteroatoms. The van der Waals surface area contributed by atoms with Crippen molar-refractivity contribution in [2.45, 2.75) is 19.6 Å². The predicted molar refractivity (Wildman–Crippen MR) is 44.6 cm³/mol. The Kier molecular flexibility index (Phi) is 3.94. The first-order valence-corrected chi connectivity index (χ1v) is 4.27. The van der Waals surface area contributed by atoms with Gasteiger partial charge in [-0.25, -0.2) is 4.79 Å². The molecule has 12 heavy (non-hydrogen) atoms. The van der Waals surface area contributed by atoms with Crippen molar-refractivity contribution in [3.8, 4) is 0 Å². The summed E-state index contributed by atoms with van der Waals surface area (Å²) in [5.41, 5.74) is 0. The predicted octanol–water partition coefficient (Wildman–Crippen LogP) is 0.391. The van der Waals surface area contributed by atoms with Gasteiger partial charge in [-0.05, 0) is 13.0 Å². The average Bonchev–Trinajstić information content (AvgIpc) is 2.06. The number of hydrogen-bond acceptors (Lipinski definition) is 4. The normalized spacial score (nSPS) is 24.9. The lowest BCUT2D eigenvalue weighted by Crippen LogP contribution is -2.41. The van der Waals surface area contributed by atoms with Gasteiger partial charge in [-0.1, -0.05) is 6.92 Å². The van der Waals surface area contributed by atoms with E-state index in [-0.39, 0.29) is 6.23 Å². The molecule has 1 heterocycles. The van der Waals surface area contributed by atoms with Crippen LogP contribution in [0.5, 0.6) is 0 Å². The minimum atomic E-state index is -0.289. The van der Waals surface area contributed by atoms with E-state index in [4.69, 9.17) is 4.74 Å². The fourth-order valence-corrected chi connectivity index (χ4v) is 1.34. The van der Waals surface area contributed by atoms with Gasteiger partial charge < -0.3 is 4.74 Å². The van der Waals surface area contributed by atoms with Crippen molar-refractivity contribution in [2.75, 3.05) is 26.2 Å². The molecule has 0 aromatic heterocycles. The van der Waals surface area contributed by atoms with Crippen LogP contribution < -0.4 is 0 Å². The molecule has 1 aliphatic rings. The standard InChI is InChI=1S/C8H14N2O2/c1-2-3-10-4-5-12-8(6-10)9-7-11/h8H,2-6H2,1H3. The molecule has 0 bridgehead atoms. The molecule has 1 atom stereocenters. The van der Waals surface area contributed by atoms with Crippen LogP contribution in [0, 0.1) is 0 Å². The Balaban J connectivity index is 2.34. The van der Waals surface area contributed by atoms with E-state index in [0.29, 0.717) is 6.61 Å². The largest absolute Gasteiger partial charge is 0.353 e. The van der Waals surface area contributed by atoms with Crippen molar-refractivity contribution < 1.29 is 9.53 Å². The number of ether oxygens (including phenoxy) is 1. The first kappa shape index (κ1) is 9.39. The molecule has 0 aliphatic carbocycles. The number of hydrogen-bond donors (Lipinski definition) is 0. The summed E-state index contributed by atoms with van der Waals surface area (Å²) in [6, 6.07) is 0. The Morgan fingerprint density at radius 2 is 2.58 bits per heavy atom. The summed E-state index contributed by atoms with van der Waals surface area (Å²) in [6.07, 6.45) is 2.36. The highest BCUT2D eigenvalue weighted by Crippen LogP contribution is 2.05. The molecule has 1 fully saturated rings. The number of rotatable bonds is 3. The Hall–Kier alpha value is -0.700. The first-order valence-electron chi connectivity index (χ1n) is 4.27. The molecular weight excluding hydrogens is 156 g/mol. The van der Waals surface area contributed by atoms with Gasteiger partial charge in [0, 0.05) is 13.1 Å². The molecule has 0 radical (unpaired) electrons. The van der Waals surface area contributed by atoms with Gasteiger partial charge in [0.1, 0.15) is 0 Å². The Morgan fingerprint density at radius 1 is 1.75 bits per heavy atom. The summed E-state index contributed by atoms with van der Waals surface area (Å²) in [4.78, 5) is 15.7. The Morgan fingerprint density at radius 3 is 3.25 bits per heavy atom. The van der Waals surface area contributed by atoms with Crippen molar-refractivity contribution in [3.63, 3.8) is 0 Å². The number of aliphatic imine (C=N–C) groups is 1. The summed E-state index contributed by atoms with van der Waals surface area (Å²) >= 11 is 0. The van der Waals surface area contributed by atoms with Crippen LogP contribution >= 0.6 is 0 Å². The van der Waals surface area contributed by atoms with Crippen LogP contribution in [0.25, 0.3) is 0 Å². The highest BCUT2D eigenvalue weighted by molar-refractivity contribution is 5.33. The van der Waals surface area contributed by atoms with E-state index in [2.05, 4.69) is 16.8 Å². The maximum absolute atomic E-state index is 9.95. The lowest BCUT2D eigenvalue weighted by Gasteiger charge is -2.29. The molecule has 1 aliphatic heterocycles. The summed E-state index contributed by atoms with van der Waals surface area (Å²) in [6.45, 7) is 5.51. The van der Waals surface area contributed by atoms with Gasteiger partial charge in [-0.3, -0.25) is 4.90 Å². The third-order valence-electron chi connectivity index (χ3n) is 1.87. The van der Waals surface area contributed by atoms with Crippen molar-refractivity contribution in [1.82, 2.24) is 4.90 Å². The van der Waals surface area contributed by atoms with Crippen LogP contribution in [0.2, 0.25) is 0 Å². The van der Waals surface area contributed by atoms with Crippen molar-refractivity contribution in [3.05, 3.63) is 0 Å². The zero-order chi connectivity index (χ0) is 8.81. The molecule has 0 saturated carbocycles. The lowest BCUT2D eigenvalue weighted by molar-refractivity contribution is -0.0230. The maximum Gasteiger partial charge on any atom is 0.237 e. The zero-order valence-electron chi connectivity index (χ0n) is 7.32. The van der Waals surface area contributed by atoms with E-state index >= 15 is 0 Å². The summed E-state index contributed by atoms with van der Waals surface area (Å²) in [7, 11) is 0. The number of nitrogens with zero attached hydrogens (tertiary/aromatic N) is 2.